The zero-order valence-electron chi connectivity index (χ0n) is 13.3. The lowest BCUT2D eigenvalue weighted by Crippen LogP contribution is -2.24. The summed E-state index contributed by atoms with van der Waals surface area (Å²) in [5.41, 5.74) is 0. The minimum absolute atomic E-state index is 0.522. The van der Waals surface area contributed by atoms with E-state index in [1.54, 1.807) is 6.07 Å². The van der Waals surface area contributed by atoms with Crippen LogP contribution in [0.2, 0.25) is 5.02 Å². The van der Waals surface area contributed by atoms with E-state index in [0.29, 0.717) is 30.0 Å². The van der Waals surface area contributed by atoms with Gasteiger partial charge in [-0.3, -0.25) is 4.90 Å². The molecule has 1 aromatic heterocycles. The molecule has 0 amide bonds. The van der Waals surface area contributed by atoms with E-state index in [1.165, 1.54) is 0 Å². The Labute approximate surface area is 136 Å². The highest BCUT2D eigenvalue weighted by atomic mass is 35.5. The summed E-state index contributed by atoms with van der Waals surface area (Å²) in [6, 6.07) is 7.39. The van der Waals surface area contributed by atoms with Gasteiger partial charge in [0.2, 0.25) is 5.89 Å². The molecule has 0 saturated carbocycles. The van der Waals surface area contributed by atoms with E-state index in [9.17, 15) is 0 Å². The van der Waals surface area contributed by atoms with Crippen LogP contribution < -0.4 is 4.74 Å². The third kappa shape index (κ3) is 5.66. The second-order valence-electron chi connectivity index (χ2n) is 5.75. The van der Waals surface area contributed by atoms with E-state index < -0.39 is 0 Å². The molecule has 5 nitrogen and oxygen atoms in total. The molecule has 2 rings (SSSR count). The second-order valence-corrected chi connectivity index (χ2v) is 6.18. The molecule has 6 heteroatoms. The molecular formula is C16H22ClN3O2. The molecule has 0 spiro atoms. The largest absolute Gasteiger partial charge is 0.492 e. The summed E-state index contributed by atoms with van der Waals surface area (Å²) >= 11 is 5.91. The zero-order valence-corrected chi connectivity index (χ0v) is 14.0. The smallest absolute Gasteiger partial charge is 0.240 e. The van der Waals surface area contributed by atoms with Crippen LogP contribution in [0.4, 0.5) is 0 Å². The van der Waals surface area contributed by atoms with Gasteiger partial charge in [0.15, 0.2) is 5.82 Å². The van der Waals surface area contributed by atoms with E-state index in [0.717, 1.165) is 24.5 Å². The number of ether oxygens (including phenoxy) is 1. The molecule has 0 bridgehead atoms. The standard InChI is InChI=1S/C16H22ClN3O2/c1-12(2)9-15-18-16(22-19-15)11-20(3)7-8-21-14-6-4-5-13(17)10-14/h4-6,10,12H,7-9,11H2,1-3H3. The number of hydrogen-bond acceptors (Lipinski definition) is 5. The monoisotopic (exact) mass is 323 g/mol. The number of likely N-dealkylation sites (N-methyl/N-ethyl adjacent to an activating group) is 1. The summed E-state index contributed by atoms with van der Waals surface area (Å²) in [4.78, 5) is 6.47. The van der Waals surface area contributed by atoms with Crippen molar-refractivity contribution in [3.8, 4) is 5.75 Å². The number of nitrogens with zero attached hydrogens (tertiary/aromatic N) is 3. The summed E-state index contributed by atoms with van der Waals surface area (Å²) in [7, 11) is 1.99. The van der Waals surface area contributed by atoms with Crippen LogP contribution in [0.25, 0.3) is 0 Å². The normalized spacial score (nSPS) is 11.4. The molecule has 0 saturated heterocycles. The first kappa shape index (κ1) is 16.8. The Hall–Kier alpha value is -1.59. The van der Waals surface area contributed by atoms with Crippen molar-refractivity contribution in [1.29, 1.82) is 0 Å². The van der Waals surface area contributed by atoms with Crippen molar-refractivity contribution >= 4 is 11.6 Å². The SMILES string of the molecule is CC(C)Cc1noc(CN(C)CCOc2cccc(Cl)c2)n1. The van der Waals surface area contributed by atoms with Gasteiger partial charge >= 0.3 is 0 Å². The average Bonchev–Trinajstić information content (AvgIpc) is 2.85. The van der Waals surface area contributed by atoms with Gasteiger partial charge in [-0.25, -0.2) is 0 Å². The zero-order chi connectivity index (χ0) is 15.9. The van der Waals surface area contributed by atoms with E-state index in [2.05, 4.69) is 28.9 Å². The first-order valence-corrected chi connectivity index (χ1v) is 7.79. The molecule has 0 unspecified atom stereocenters. The summed E-state index contributed by atoms with van der Waals surface area (Å²) in [6.07, 6.45) is 0.838. The number of hydrogen-bond donors (Lipinski definition) is 0. The third-order valence-corrected chi connectivity index (χ3v) is 3.28. The average molecular weight is 324 g/mol. The molecule has 22 heavy (non-hydrogen) atoms. The van der Waals surface area contributed by atoms with Gasteiger partial charge in [-0.1, -0.05) is 36.7 Å². The van der Waals surface area contributed by atoms with Gasteiger partial charge in [0, 0.05) is 18.0 Å². The van der Waals surface area contributed by atoms with Crippen molar-refractivity contribution in [2.45, 2.75) is 26.8 Å². The van der Waals surface area contributed by atoms with Crippen molar-refractivity contribution in [2.24, 2.45) is 5.92 Å². The Morgan fingerprint density at radius 1 is 1.36 bits per heavy atom. The van der Waals surface area contributed by atoms with Crippen LogP contribution in [-0.4, -0.2) is 35.2 Å². The van der Waals surface area contributed by atoms with Crippen molar-refractivity contribution in [3.05, 3.63) is 41.0 Å². The molecule has 0 radical (unpaired) electrons. The maximum absolute atomic E-state index is 5.91. The number of benzene rings is 1. The van der Waals surface area contributed by atoms with Crippen LogP contribution in [0.1, 0.15) is 25.6 Å². The molecule has 0 fully saturated rings. The Morgan fingerprint density at radius 2 is 2.18 bits per heavy atom. The van der Waals surface area contributed by atoms with Gasteiger partial charge in [0.05, 0.1) is 6.54 Å². The highest BCUT2D eigenvalue weighted by Gasteiger charge is 2.10. The minimum atomic E-state index is 0.522. The molecule has 1 heterocycles. The minimum Gasteiger partial charge on any atom is -0.492 e. The Morgan fingerprint density at radius 3 is 2.91 bits per heavy atom. The molecule has 1 aromatic carbocycles. The Balaban J connectivity index is 1.73. The molecule has 0 aliphatic carbocycles. The van der Waals surface area contributed by atoms with Crippen molar-refractivity contribution < 1.29 is 9.26 Å². The highest BCUT2D eigenvalue weighted by molar-refractivity contribution is 6.30. The molecule has 2 aromatic rings. The van der Waals surface area contributed by atoms with Crippen LogP contribution in [0.5, 0.6) is 5.75 Å². The van der Waals surface area contributed by atoms with Crippen LogP contribution in [0, 0.1) is 5.92 Å². The van der Waals surface area contributed by atoms with Gasteiger partial charge in [-0.2, -0.15) is 4.98 Å². The van der Waals surface area contributed by atoms with Crippen molar-refractivity contribution in [1.82, 2.24) is 15.0 Å². The van der Waals surface area contributed by atoms with Crippen LogP contribution in [-0.2, 0) is 13.0 Å². The predicted octanol–water partition coefficient (Wildman–Crippen LogP) is 3.43. The number of rotatable bonds is 8. The fourth-order valence-corrected chi connectivity index (χ4v) is 2.17. The quantitative estimate of drug-likeness (QED) is 0.745. The predicted molar refractivity (Wildman–Crippen MR) is 86.1 cm³/mol. The summed E-state index contributed by atoms with van der Waals surface area (Å²) in [6.45, 7) is 6.22. The molecule has 0 aliphatic heterocycles. The first-order chi connectivity index (χ1) is 10.5. The van der Waals surface area contributed by atoms with Gasteiger partial charge < -0.3 is 9.26 Å². The van der Waals surface area contributed by atoms with Crippen molar-refractivity contribution in [3.63, 3.8) is 0 Å². The lowest BCUT2D eigenvalue weighted by molar-refractivity contribution is 0.212. The molecule has 0 N–H and O–H groups in total. The third-order valence-electron chi connectivity index (χ3n) is 3.04. The molecular weight excluding hydrogens is 302 g/mol. The van der Waals surface area contributed by atoms with Gasteiger partial charge in [0.25, 0.3) is 0 Å². The van der Waals surface area contributed by atoms with Gasteiger partial charge in [0.1, 0.15) is 12.4 Å². The maximum atomic E-state index is 5.91. The van der Waals surface area contributed by atoms with Gasteiger partial charge in [-0.05, 0) is 31.2 Å². The van der Waals surface area contributed by atoms with Gasteiger partial charge in [-0.15, -0.1) is 0 Å². The second kappa shape index (κ2) is 8.15. The lowest BCUT2D eigenvalue weighted by Gasteiger charge is -2.14. The van der Waals surface area contributed by atoms with Crippen LogP contribution in [0.3, 0.4) is 0 Å². The summed E-state index contributed by atoms with van der Waals surface area (Å²) < 4.78 is 10.9. The lowest BCUT2D eigenvalue weighted by atomic mass is 10.1. The first-order valence-electron chi connectivity index (χ1n) is 7.41. The van der Waals surface area contributed by atoms with Crippen LogP contribution >= 0.6 is 11.6 Å². The summed E-state index contributed by atoms with van der Waals surface area (Å²) in [5, 5.41) is 4.66. The van der Waals surface area contributed by atoms with E-state index >= 15 is 0 Å². The Kier molecular flexibility index (Phi) is 6.21. The molecule has 0 aliphatic rings. The molecule has 0 atom stereocenters. The number of aromatic nitrogens is 2. The fourth-order valence-electron chi connectivity index (χ4n) is 1.99. The maximum Gasteiger partial charge on any atom is 0.240 e. The Bertz CT molecular complexity index is 586. The van der Waals surface area contributed by atoms with Crippen molar-refractivity contribution in [2.75, 3.05) is 20.2 Å². The highest BCUT2D eigenvalue weighted by Crippen LogP contribution is 2.17. The van der Waals surface area contributed by atoms with E-state index in [-0.39, 0.29) is 0 Å². The number of halogens is 1. The van der Waals surface area contributed by atoms with Crippen LogP contribution in [0.15, 0.2) is 28.8 Å². The topological polar surface area (TPSA) is 51.4 Å². The van der Waals surface area contributed by atoms with E-state index in [1.807, 2.05) is 25.2 Å². The van der Waals surface area contributed by atoms with E-state index in [4.69, 9.17) is 20.9 Å². The fraction of sp³-hybridized carbons (Fsp3) is 0.500. The molecule has 120 valence electrons. The summed E-state index contributed by atoms with van der Waals surface area (Å²) in [5.74, 6) is 2.71.